The summed E-state index contributed by atoms with van der Waals surface area (Å²) in [6, 6.07) is 1.48. The van der Waals surface area contributed by atoms with E-state index in [0.29, 0.717) is 13.1 Å². The van der Waals surface area contributed by atoms with Gasteiger partial charge in [0.05, 0.1) is 6.54 Å². The zero-order valence-corrected chi connectivity index (χ0v) is 9.16. The lowest BCUT2D eigenvalue weighted by atomic mass is 10.2. The number of pyridine rings is 1. The lowest BCUT2D eigenvalue weighted by Gasteiger charge is -2.27. The van der Waals surface area contributed by atoms with Gasteiger partial charge in [-0.25, -0.2) is 9.37 Å². The molecule has 0 bridgehead atoms. The van der Waals surface area contributed by atoms with Gasteiger partial charge in [-0.05, 0) is 18.1 Å². The highest BCUT2D eigenvalue weighted by Gasteiger charge is 2.20. The van der Waals surface area contributed by atoms with Gasteiger partial charge < -0.3 is 10.2 Å². The molecule has 1 aromatic heterocycles. The molecule has 0 atom stereocenters. The van der Waals surface area contributed by atoms with Crippen molar-refractivity contribution in [2.75, 3.05) is 24.5 Å². The van der Waals surface area contributed by atoms with Crippen LogP contribution in [0.4, 0.5) is 10.2 Å². The molecule has 16 heavy (non-hydrogen) atoms. The molecular formula is C11H14FN3O. The number of amides is 1. The number of hydrogen-bond acceptors (Lipinski definition) is 3. The van der Waals surface area contributed by atoms with E-state index in [9.17, 15) is 9.18 Å². The van der Waals surface area contributed by atoms with E-state index in [1.165, 1.54) is 6.07 Å². The summed E-state index contributed by atoms with van der Waals surface area (Å²) >= 11 is 0. The van der Waals surface area contributed by atoms with E-state index in [-0.39, 0.29) is 24.1 Å². The van der Waals surface area contributed by atoms with Crippen LogP contribution < -0.4 is 10.2 Å². The average Bonchev–Trinajstić information content (AvgIpc) is 2.28. The molecule has 2 rings (SSSR count). The first kappa shape index (κ1) is 10.9. The lowest BCUT2D eigenvalue weighted by Crippen LogP contribution is -2.48. The van der Waals surface area contributed by atoms with Gasteiger partial charge in [0.2, 0.25) is 5.91 Å². The maximum absolute atomic E-state index is 13.7. The fraction of sp³-hybridized carbons (Fsp3) is 0.455. The molecule has 0 aliphatic carbocycles. The molecule has 1 aromatic rings. The second kappa shape index (κ2) is 4.47. The Kier molecular flexibility index (Phi) is 3.03. The summed E-state index contributed by atoms with van der Waals surface area (Å²) in [5, 5.41) is 2.69. The molecule has 0 saturated carbocycles. The number of carbonyl (C=O) groups excluding carboxylic acids is 1. The number of aromatic nitrogens is 1. The van der Waals surface area contributed by atoms with Crippen molar-refractivity contribution in [1.82, 2.24) is 10.3 Å². The van der Waals surface area contributed by atoms with Gasteiger partial charge in [-0.3, -0.25) is 4.79 Å². The summed E-state index contributed by atoms with van der Waals surface area (Å²) in [5.74, 6) is -0.173. The van der Waals surface area contributed by atoms with Crippen LogP contribution in [0.1, 0.15) is 12.5 Å². The molecular weight excluding hydrogens is 209 g/mol. The van der Waals surface area contributed by atoms with Crippen molar-refractivity contribution in [3.63, 3.8) is 0 Å². The van der Waals surface area contributed by atoms with Crippen LogP contribution in [-0.4, -0.2) is 30.5 Å². The number of aryl methyl sites for hydroxylation is 1. The van der Waals surface area contributed by atoms with Gasteiger partial charge in [-0.2, -0.15) is 0 Å². The van der Waals surface area contributed by atoms with Crippen LogP contribution in [0.2, 0.25) is 0 Å². The van der Waals surface area contributed by atoms with Crippen LogP contribution in [0, 0.1) is 5.82 Å². The van der Waals surface area contributed by atoms with Crippen LogP contribution in [0.25, 0.3) is 0 Å². The molecule has 1 saturated heterocycles. The molecule has 4 nitrogen and oxygen atoms in total. The normalized spacial score (nSPS) is 16.1. The maximum atomic E-state index is 13.7. The zero-order valence-electron chi connectivity index (χ0n) is 9.16. The second-order valence-electron chi connectivity index (χ2n) is 3.77. The van der Waals surface area contributed by atoms with Crippen molar-refractivity contribution in [3.05, 3.63) is 23.6 Å². The number of halogens is 1. The quantitative estimate of drug-likeness (QED) is 0.803. The Morgan fingerprint density at radius 2 is 2.44 bits per heavy atom. The van der Waals surface area contributed by atoms with Gasteiger partial charge in [0.25, 0.3) is 0 Å². The minimum Gasteiger partial charge on any atom is -0.353 e. The fourth-order valence-electron chi connectivity index (χ4n) is 1.72. The van der Waals surface area contributed by atoms with Crippen LogP contribution in [-0.2, 0) is 11.2 Å². The first-order chi connectivity index (χ1) is 7.70. The summed E-state index contributed by atoms with van der Waals surface area (Å²) in [6.07, 6.45) is 2.41. The third-order valence-electron chi connectivity index (χ3n) is 2.62. The van der Waals surface area contributed by atoms with E-state index in [1.54, 1.807) is 11.1 Å². The Balaban J connectivity index is 2.22. The maximum Gasteiger partial charge on any atom is 0.239 e. The van der Waals surface area contributed by atoms with Crippen LogP contribution in [0.15, 0.2) is 12.3 Å². The number of rotatable bonds is 2. The molecule has 1 amide bonds. The highest BCUT2D eigenvalue weighted by molar-refractivity contribution is 5.82. The topological polar surface area (TPSA) is 45.2 Å². The third kappa shape index (κ3) is 2.13. The van der Waals surface area contributed by atoms with Gasteiger partial charge in [-0.15, -0.1) is 0 Å². The van der Waals surface area contributed by atoms with Crippen molar-refractivity contribution >= 4 is 11.7 Å². The zero-order chi connectivity index (χ0) is 11.5. The molecule has 1 aliphatic heterocycles. The standard InChI is InChI=1S/C11H14FN3O/c1-2-8-5-9(12)11(14-6-8)15-4-3-13-10(16)7-15/h5-6H,2-4,7H2,1H3,(H,13,16). The Morgan fingerprint density at radius 3 is 3.06 bits per heavy atom. The van der Waals surface area contributed by atoms with E-state index >= 15 is 0 Å². The van der Waals surface area contributed by atoms with Crippen molar-refractivity contribution in [1.29, 1.82) is 0 Å². The molecule has 1 N–H and O–H groups in total. The van der Waals surface area contributed by atoms with Gasteiger partial charge in [0.1, 0.15) is 0 Å². The van der Waals surface area contributed by atoms with Gasteiger partial charge in [-0.1, -0.05) is 6.92 Å². The summed E-state index contributed by atoms with van der Waals surface area (Å²) in [5.41, 5.74) is 0.864. The first-order valence-electron chi connectivity index (χ1n) is 5.36. The highest BCUT2D eigenvalue weighted by Crippen LogP contribution is 2.17. The van der Waals surface area contributed by atoms with E-state index in [2.05, 4.69) is 10.3 Å². The molecule has 2 heterocycles. The van der Waals surface area contributed by atoms with E-state index in [1.807, 2.05) is 6.92 Å². The van der Waals surface area contributed by atoms with Gasteiger partial charge in [0.15, 0.2) is 11.6 Å². The van der Waals surface area contributed by atoms with Gasteiger partial charge >= 0.3 is 0 Å². The number of anilines is 1. The van der Waals surface area contributed by atoms with Gasteiger partial charge in [0, 0.05) is 19.3 Å². The van der Waals surface area contributed by atoms with Crippen LogP contribution in [0.3, 0.4) is 0 Å². The highest BCUT2D eigenvalue weighted by atomic mass is 19.1. The minimum atomic E-state index is -0.353. The number of nitrogens with one attached hydrogen (secondary N) is 1. The Bertz CT molecular complexity index is 408. The number of carbonyl (C=O) groups is 1. The van der Waals surface area contributed by atoms with Crippen molar-refractivity contribution in [2.24, 2.45) is 0 Å². The molecule has 0 spiro atoms. The average molecular weight is 223 g/mol. The SMILES string of the molecule is CCc1cnc(N2CCNC(=O)C2)c(F)c1. The molecule has 1 fully saturated rings. The molecule has 5 heteroatoms. The summed E-state index contributed by atoms with van der Waals surface area (Å²) in [6.45, 7) is 3.26. The van der Waals surface area contributed by atoms with Crippen LogP contribution in [0.5, 0.6) is 0 Å². The van der Waals surface area contributed by atoms with E-state index in [0.717, 1.165) is 12.0 Å². The summed E-state index contributed by atoms with van der Waals surface area (Å²) < 4.78 is 13.7. The number of nitrogens with zero attached hydrogens (tertiary/aromatic N) is 2. The monoisotopic (exact) mass is 223 g/mol. The lowest BCUT2D eigenvalue weighted by molar-refractivity contribution is -0.120. The largest absolute Gasteiger partial charge is 0.353 e. The van der Waals surface area contributed by atoms with Crippen molar-refractivity contribution < 1.29 is 9.18 Å². The Labute approximate surface area is 93.5 Å². The molecule has 0 aromatic carbocycles. The first-order valence-corrected chi connectivity index (χ1v) is 5.36. The van der Waals surface area contributed by atoms with E-state index < -0.39 is 0 Å². The predicted molar refractivity (Wildman–Crippen MR) is 58.8 cm³/mol. The van der Waals surface area contributed by atoms with Crippen molar-refractivity contribution in [3.8, 4) is 0 Å². The Morgan fingerprint density at radius 1 is 1.62 bits per heavy atom. The Hall–Kier alpha value is -1.65. The smallest absolute Gasteiger partial charge is 0.239 e. The summed E-state index contributed by atoms with van der Waals surface area (Å²) in [4.78, 5) is 16.9. The second-order valence-corrected chi connectivity index (χ2v) is 3.77. The third-order valence-corrected chi connectivity index (χ3v) is 2.62. The predicted octanol–water partition coefficient (Wildman–Crippen LogP) is 0.719. The molecule has 1 aliphatic rings. The summed E-state index contributed by atoms with van der Waals surface area (Å²) in [7, 11) is 0. The number of piperazine rings is 1. The fourth-order valence-corrected chi connectivity index (χ4v) is 1.72. The molecule has 0 unspecified atom stereocenters. The minimum absolute atomic E-state index is 0.0907. The van der Waals surface area contributed by atoms with E-state index in [4.69, 9.17) is 0 Å². The van der Waals surface area contributed by atoms with Crippen LogP contribution >= 0.6 is 0 Å². The number of hydrogen-bond donors (Lipinski definition) is 1. The van der Waals surface area contributed by atoms with Crippen molar-refractivity contribution in [2.45, 2.75) is 13.3 Å². The molecule has 0 radical (unpaired) electrons. The molecule has 86 valence electrons.